The van der Waals surface area contributed by atoms with Crippen molar-refractivity contribution >= 4 is 17.5 Å². The molecule has 0 spiro atoms. The second-order valence-electron chi connectivity index (χ2n) is 6.33. The summed E-state index contributed by atoms with van der Waals surface area (Å²) in [5, 5.41) is 8.94. The molecule has 3 aromatic carbocycles. The maximum atomic E-state index is 12.7. The van der Waals surface area contributed by atoms with Crippen LogP contribution in [-0.2, 0) is 0 Å². The molecule has 0 fully saturated rings. The number of hydrogen-bond acceptors (Lipinski definition) is 3. The Bertz CT molecular complexity index is 1000. The van der Waals surface area contributed by atoms with Crippen LogP contribution in [0.5, 0.6) is 0 Å². The Morgan fingerprint density at radius 1 is 0.926 bits per heavy atom. The maximum absolute atomic E-state index is 12.7. The van der Waals surface area contributed by atoms with Gasteiger partial charge in [-0.15, -0.1) is 0 Å². The highest BCUT2D eigenvalue weighted by atomic mass is 16.2. The molecule has 0 aromatic heterocycles. The standard InChI is InChI=1S/C22H19N3O2/c1-23-20-18-16(14-8-4-2-5-9-14)12-13-17(19(18)22(27)25-20)24-21(26)15-10-6-3-7-11-15/h2-13,20,23H,1H3,(H,24,26)(H,25,27). The third-order valence-corrected chi connectivity index (χ3v) is 4.69. The van der Waals surface area contributed by atoms with Crippen molar-refractivity contribution in [2.24, 2.45) is 0 Å². The molecule has 0 aliphatic carbocycles. The second kappa shape index (κ2) is 7.05. The summed E-state index contributed by atoms with van der Waals surface area (Å²) in [6.45, 7) is 0. The molecule has 1 heterocycles. The van der Waals surface area contributed by atoms with E-state index in [2.05, 4.69) is 16.0 Å². The molecule has 1 aliphatic rings. The van der Waals surface area contributed by atoms with Crippen molar-refractivity contribution in [3.8, 4) is 11.1 Å². The van der Waals surface area contributed by atoms with Gasteiger partial charge in [0.2, 0.25) is 0 Å². The van der Waals surface area contributed by atoms with E-state index in [1.165, 1.54) is 0 Å². The summed E-state index contributed by atoms with van der Waals surface area (Å²) >= 11 is 0. The van der Waals surface area contributed by atoms with E-state index in [9.17, 15) is 9.59 Å². The Balaban J connectivity index is 1.80. The average molecular weight is 357 g/mol. The molecular formula is C22H19N3O2. The quantitative estimate of drug-likeness (QED) is 0.669. The smallest absolute Gasteiger partial charge is 0.255 e. The van der Waals surface area contributed by atoms with Gasteiger partial charge in [-0.25, -0.2) is 0 Å². The molecule has 0 bridgehead atoms. The van der Waals surface area contributed by atoms with Gasteiger partial charge in [-0.05, 0) is 36.4 Å². The minimum Gasteiger partial charge on any atom is -0.332 e. The van der Waals surface area contributed by atoms with E-state index in [1.807, 2.05) is 54.6 Å². The van der Waals surface area contributed by atoms with Gasteiger partial charge in [0, 0.05) is 11.1 Å². The van der Waals surface area contributed by atoms with Crippen LogP contribution in [0.15, 0.2) is 72.8 Å². The summed E-state index contributed by atoms with van der Waals surface area (Å²) in [6, 6.07) is 22.6. The van der Waals surface area contributed by atoms with E-state index in [0.717, 1.165) is 16.7 Å². The fourth-order valence-corrected chi connectivity index (χ4v) is 3.41. The van der Waals surface area contributed by atoms with Gasteiger partial charge in [-0.2, -0.15) is 0 Å². The van der Waals surface area contributed by atoms with E-state index >= 15 is 0 Å². The number of carbonyl (C=O) groups is 2. The Morgan fingerprint density at radius 3 is 2.26 bits per heavy atom. The van der Waals surface area contributed by atoms with Crippen LogP contribution in [0.4, 0.5) is 5.69 Å². The molecule has 27 heavy (non-hydrogen) atoms. The Labute approximate surface area is 157 Å². The molecule has 0 saturated heterocycles. The predicted molar refractivity (Wildman–Crippen MR) is 106 cm³/mol. The van der Waals surface area contributed by atoms with Crippen LogP contribution >= 0.6 is 0 Å². The van der Waals surface area contributed by atoms with Crippen LogP contribution in [0, 0.1) is 0 Å². The minimum absolute atomic E-state index is 0.203. The highest BCUT2D eigenvalue weighted by molar-refractivity contribution is 6.12. The first-order valence-corrected chi connectivity index (χ1v) is 8.76. The van der Waals surface area contributed by atoms with Gasteiger partial charge in [0.05, 0.1) is 11.3 Å². The van der Waals surface area contributed by atoms with Crippen LogP contribution < -0.4 is 16.0 Å². The first kappa shape index (κ1) is 17.0. The molecular weight excluding hydrogens is 338 g/mol. The summed E-state index contributed by atoms with van der Waals surface area (Å²) in [4.78, 5) is 25.2. The van der Waals surface area contributed by atoms with Crippen LogP contribution in [0.1, 0.15) is 32.4 Å². The lowest BCUT2D eigenvalue weighted by molar-refractivity contribution is 0.0953. The van der Waals surface area contributed by atoms with Crippen LogP contribution in [0.2, 0.25) is 0 Å². The van der Waals surface area contributed by atoms with Crippen molar-refractivity contribution in [3.05, 3.63) is 89.5 Å². The summed E-state index contributed by atoms with van der Waals surface area (Å²) in [7, 11) is 1.80. The zero-order chi connectivity index (χ0) is 18.8. The van der Waals surface area contributed by atoms with Crippen LogP contribution in [0.3, 0.4) is 0 Å². The van der Waals surface area contributed by atoms with Crippen molar-refractivity contribution in [2.75, 3.05) is 12.4 Å². The molecule has 1 unspecified atom stereocenters. The van der Waals surface area contributed by atoms with Gasteiger partial charge in [0.1, 0.15) is 6.17 Å². The Hall–Kier alpha value is -3.44. The van der Waals surface area contributed by atoms with Crippen molar-refractivity contribution in [3.63, 3.8) is 0 Å². The normalized spacial score (nSPS) is 15.1. The van der Waals surface area contributed by atoms with Gasteiger partial charge in [-0.1, -0.05) is 54.6 Å². The lowest BCUT2D eigenvalue weighted by atomic mass is 9.94. The zero-order valence-corrected chi connectivity index (χ0v) is 14.8. The third kappa shape index (κ3) is 3.09. The molecule has 134 valence electrons. The largest absolute Gasteiger partial charge is 0.332 e. The second-order valence-corrected chi connectivity index (χ2v) is 6.33. The average Bonchev–Trinajstić information content (AvgIpc) is 3.06. The number of carbonyl (C=O) groups excluding carboxylic acids is 2. The number of fused-ring (bicyclic) bond motifs is 1. The number of amides is 2. The summed E-state index contributed by atoms with van der Waals surface area (Å²) < 4.78 is 0. The number of nitrogens with one attached hydrogen (secondary N) is 3. The molecule has 5 heteroatoms. The lowest BCUT2D eigenvalue weighted by Gasteiger charge is -2.16. The minimum atomic E-state index is -0.309. The third-order valence-electron chi connectivity index (χ3n) is 4.69. The molecule has 1 aliphatic heterocycles. The van der Waals surface area contributed by atoms with E-state index in [0.29, 0.717) is 16.8 Å². The fraction of sp³-hybridized carbons (Fsp3) is 0.0909. The van der Waals surface area contributed by atoms with Crippen LogP contribution in [0.25, 0.3) is 11.1 Å². The predicted octanol–water partition coefficient (Wildman–Crippen LogP) is 3.57. The van der Waals surface area contributed by atoms with Crippen molar-refractivity contribution in [2.45, 2.75) is 6.17 Å². The summed E-state index contributed by atoms with van der Waals surface area (Å²) in [5.74, 6) is -0.448. The van der Waals surface area contributed by atoms with E-state index in [-0.39, 0.29) is 18.0 Å². The lowest BCUT2D eigenvalue weighted by Crippen LogP contribution is -2.29. The molecule has 4 rings (SSSR count). The maximum Gasteiger partial charge on any atom is 0.255 e. The molecule has 5 nitrogen and oxygen atoms in total. The summed E-state index contributed by atoms with van der Waals surface area (Å²) in [6.07, 6.45) is -0.309. The van der Waals surface area contributed by atoms with Crippen molar-refractivity contribution in [1.29, 1.82) is 0 Å². The molecule has 3 aromatic rings. The number of anilines is 1. The first-order valence-electron chi connectivity index (χ1n) is 8.76. The summed E-state index contributed by atoms with van der Waals surface area (Å²) in [5.41, 5.74) is 4.38. The van der Waals surface area contributed by atoms with E-state index < -0.39 is 0 Å². The number of benzene rings is 3. The Morgan fingerprint density at radius 2 is 1.59 bits per heavy atom. The topological polar surface area (TPSA) is 70.2 Å². The Kier molecular flexibility index (Phi) is 4.44. The van der Waals surface area contributed by atoms with Gasteiger partial charge < -0.3 is 10.6 Å². The van der Waals surface area contributed by atoms with Gasteiger partial charge in [-0.3, -0.25) is 14.9 Å². The fourth-order valence-electron chi connectivity index (χ4n) is 3.41. The van der Waals surface area contributed by atoms with Gasteiger partial charge in [0.25, 0.3) is 11.8 Å². The van der Waals surface area contributed by atoms with Crippen molar-refractivity contribution < 1.29 is 9.59 Å². The van der Waals surface area contributed by atoms with Gasteiger partial charge in [0.15, 0.2) is 0 Å². The molecule has 2 amide bonds. The monoisotopic (exact) mass is 357 g/mol. The zero-order valence-electron chi connectivity index (χ0n) is 14.8. The highest BCUT2D eigenvalue weighted by Crippen LogP contribution is 2.38. The number of rotatable bonds is 4. The van der Waals surface area contributed by atoms with E-state index in [1.54, 1.807) is 25.2 Å². The van der Waals surface area contributed by atoms with Crippen molar-refractivity contribution in [1.82, 2.24) is 10.6 Å². The SMILES string of the molecule is CNC1NC(=O)c2c(NC(=O)c3ccccc3)ccc(-c3ccccc3)c21. The number of hydrogen-bond donors (Lipinski definition) is 3. The van der Waals surface area contributed by atoms with Crippen LogP contribution in [-0.4, -0.2) is 18.9 Å². The molecule has 1 atom stereocenters. The van der Waals surface area contributed by atoms with Gasteiger partial charge >= 0.3 is 0 Å². The molecule has 0 radical (unpaired) electrons. The first-order chi connectivity index (χ1) is 13.2. The van der Waals surface area contributed by atoms with E-state index in [4.69, 9.17) is 0 Å². The molecule has 0 saturated carbocycles. The highest BCUT2D eigenvalue weighted by Gasteiger charge is 2.33. The molecule has 3 N–H and O–H groups in total.